The third-order valence-electron chi connectivity index (χ3n) is 3.12. The van der Waals surface area contributed by atoms with Crippen LogP contribution in [-0.4, -0.2) is 9.55 Å². The van der Waals surface area contributed by atoms with E-state index < -0.39 is 0 Å². The molecular weight excluding hydrogens is 242 g/mol. The van der Waals surface area contributed by atoms with Crippen LogP contribution in [0.4, 0.5) is 0 Å². The summed E-state index contributed by atoms with van der Waals surface area (Å²) in [5.41, 5.74) is 8.20. The van der Waals surface area contributed by atoms with Crippen LogP contribution < -0.4 is 5.73 Å². The lowest BCUT2D eigenvalue weighted by atomic mass is 10.1. The average Bonchev–Trinajstić information content (AvgIpc) is 2.97. The predicted octanol–water partition coefficient (Wildman–Crippen LogP) is 2.91. The standard InChI is InChI=1S/C14H15N3S/c1-10-16-8-12(18-10)9-17-6-5-13-11(7-15)3-2-4-14(13)17/h2-6,8H,7,9,15H2,1H3. The van der Waals surface area contributed by atoms with Crippen LogP contribution in [0.2, 0.25) is 0 Å². The monoisotopic (exact) mass is 257 g/mol. The van der Waals surface area contributed by atoms with Crippen LogP contribution in [0.3, 0.4) is 0 Å². The largest absolute Gasteiger partial charge is 0.342 e. The van der Waals surface area contributed by atoms with E-state index in [0.717, 1.165) is 11.6 Å². The maximum Gasteiger partial charge on any atom is 0.0897 e. The van der Waals surface area contributed by atoms with Crippen molar-refractivity contribution in [2.24, 2.45) is 5.73 Å². The summed E-state index contributed by atoms with van der Waals surface area (Å²) in [7, 11) is 0. The number of nitrogens with two attached hydrogens (primary N) is 1. The molecule has 0 aliphatic heterocycles. The van der Waals surface area contributed by atoms with Gasteiger partial charge in [0.05, 0.1) is 11.6 Å². The Kier molecular flexibility index (Phi) is 2.89. The molecule has 3 aromatic rings. The van der Waals surface area contributed by atoms with E-state index in [1.807, 2.05) is 13.1 Å². The molecule has 0 aliphatic carbocycles. The van der Waals surface area contributed by atoms with Gasteiger partial charge in [-0.25, -0.2) is 4.98 Å². The summed E-state index contributed by atoms with van der Waals surface area (Å²) in [6, 6.07) is 8.44. The third kappa shape index (κ3) is 1.94. The zero-order valence-corrected chi connectivity index (χ0v) is 11.1. The molecule has 0 aliphatic rings. The Bertz CT molecular complexity index is 681. The number of fused-ring (bicyclic) bond motifs is 1. The van der Waals surface area contributed by atoms with Crippen molar-refractivity contribution in [1.29, 1.82) is 0 Å². The molecule has 0 saturated carbocycles. The first-order chi connectivity index (χ1) is 8.78. The highest BCUT2D eigenvalue weighted by Crippen LogP contribution is 2.22. The molecular formula is C14H15N3S. The molecule has 2 N–H and O–H groups in total. The second-order valence-corrected chi connectivity index (χ2v) is 5.66. The smallest absolute Gasteiger partial charge is 0.0897 e. The first-order valence-electron chi connectivity index (χ1n) is 5.96. The minimum absolute atomic E-state index is 0.584. The van der Waals surface area contributed by atoms with E-state index in [2.05, 4.69) is 40.0 Å². The van der Waals surface area contributed by atoms with E-state index >= 15 is 0 Å². The molecule has 0 fully saturated rings. The van der Waals surface area contributed by atoms with Crippen molar-refractivity contribution in [3.8, 4) is 0 Å². The quantitative estimate of drug-likeness (QED) is 0.784. The molecule has 0 unspecified atom stereocenters. The van der Waals surface area contributed by atoms with Gasteiger partial charge in [0.15, 0.2) is 0 Å². The zero-order valence-electron chi connectivity index (χ0n) is 10.3. The second kappa shape index (κ2) is 4.55. The number of hydrogen-bond acceptors (Lipinski definition) is 3. The normalized spacial score (nSPS) is 11.2. The van der Waals surface area contributed by atoms with E-state index in [1.54, 1.807) is 11.3 Å². The van der Waals surface area contributed by atoms with Crippen LogP contribution >= 0.6 is 11.3 Å². The molecule has 0 saturated heterocycles. The highest BCUT2D eigenvalue weighted by molar-refractivity contribution is 7.11. The van der Waals surface area contributed by atoms with Crippen LogP contribution in [0.15, 0.2) is 36.7 Å². The third-order valence-corrected chi connectivity index (χ3v) is 4.02. The lowest BCUT2D eigenvalue weighted by Crippen LogP contribution is -1.98. The van der Waals surface area contributed by atoms with Gasteiger partial charge in [-0.2, -0.15) is 0 Å². The number of aryl methyl sites for hydroxylation is 1. The Balaban J connectivity index is 2.02. The lowest BCUT2D eigenvalue weighted by Gasteiger charge is -2.04. The molecule has 3 rings (SSSR count). The van der Waals surface area contributed by atoms with Crippen LogP contribution in [0.5, 0.6) is 0 Å². The van der Waals surface area contributed by atoms with Crippen molar-refractivity contribution < 1.29 is 0 Å². The topological polar surface area (TPSA) is 43.8 Å². The van der Waals surface area contributed by atoms with E-state index in [9.17, 15) is 0 Å². The Labute approximate surface area is 110 Å². The molecule has 0 spiro atoms. The predicted molar refractivity (Wildman–Crippen MR) is 75.8 cm³/mol. The van der Waals surface area contributed by atoms with Gasteiger partial charge in [0.1, 0.15) is 0 Å². The van der Waals surface area contributed by atoms with Gasteiger partial charge in [0.25, 0.3) is 0 Å². The number of rotatable bonds is 3. The average molecular weight is 257 g/mol. The fourth-order valence-corrected chi connectivity index (χ4v) is 3.04. The molecule has 4 heteroatoms. The first kappa shape index (κ1) is 11.4. The fraction of sp³-hybridized carbons (Fsp3) is 0.214. The van der Waals surface area contributed by atoms with E-state index in [0.29, 0.717) is 6.54 Å². The zero-order chi connectivity index (χ0) is 12.5. The van der Waals surface area contributed by atoms with Gasteiger partial charge in [-0.3, -0.25) is 0 Å². The number of hydrogen-bond donors (Lipinski definition) is 1. The molecule has 2 heterocycles. The molecule has 0 bridgehead atoms. The molecule has 92 valence electrons. The summed E-state index contributed by atoms with van der Waals surface area (Å²) in [5.74, 6) is 0. The number of thiazole rings is 1. The summed E-state index contributed by atoms with van der Waals surface area (Å²) >= 11 is 1.75. The molecule has 3 nitrogen and oxygen atoms in total. The Morgan fingerprint density at radius 1 is 1.33 bits per heavy atom. The van der Waals surface area contributed by atoms with Gasteiger partial charge < -0.3 is 10.3 Å². The number of aromatic nitrogens is 2. The summed E-state index contributed by atoms with van der Waals surface area (Å²) in [5, 5.41) is 2.37. The Hall–Kier alpha value is -1.65. The fourth-order valence-electron chi connectivity index (χ4n) is 2.25. The number of benzene rings is 1. The van der Waals surface area contributed by atoms with Crippen LogP contribution in [0.25, 0.3) is 10.9 Å². The summed E-state index contributed by atoms with van der Waals surface area (Å²) in [6.07, 6.45) is 4.08. The SMILES string of the molecule is Cc1ncc(Cn2ccc3c(CN)cccc32)s1. The second-order valence-electron chi connectivity index (χ2n) is 4.34. The van der Waals surface area contributed by atoms with Gasteiger partial charge in [0.2, 0.25) is 0 Å². The summed E-state index contributed by atoms with van der Waals surface area (Å²) < 4.78 is 2.25. The van der Waals surface area contributed by atoms with Crippen LogP contribution in [0, 0.1) is 6.92 Å². The van der Waals surface area contributed by atoms with Gasteiger partial charge in [-0.05, 0) is 24.6 Å². The highest BCUT2D eigenvalue weighted by atomic mass is 32.1. The summed E-state index contributed by atoms with van der Waals surface area (Å²) in [6.45, 7) is 3.50. The Morgan fingerprint density at radius 3 is 2.94 bits per heavy atom. The minimum Gasteiger partial charge on any atom is -0.342 e. The van der Waals surface area contributed by atoms with Crippen molar-refractivity contribution in [2.75, 3.05) is 0 Å². The van der Waals surface area contributed by atoms with Gasteiger partial charge in [0, 0.05) is 34.7 Å². The molecule has 0 atom stereocenters. The van der Waals surface area contributed by atoms with E-state index in [1.165, 1.54) is 21.3 Å². The van der Waals surface area contributed by atoms with E-state index in [-0.39, 0.29) is 0 Å². The van der Waals surface area contributed by atoms with Crippen molar-refractivity contribution in [2.45, 2.75) is 20.0 Å². The van der Waals surface area contributed by atoms with Crippen LogP contribution in [-0.2, 0) is 13.1 Å². The van der Waals surface area contributed by atoms with Gasteiger partial charge in [-0.15, -0.1) is 11.3 Å². The van der Waals surface area contributed by atoms with Crippen molar-refractivity contribution in [1.82, 2.24) is 9.55 Å². The lowest BCUT2D eigenvalue weighted by molar-refractivity contribution is 0.849. The van der Waals surface area contributed by atoms with E-state index in [4.69, 9.17) is 5.73 Å². The van der Waals surface area contributed by atoms with Crippen molar-refractivity contribution in [3.63, 3.8) is 0 Å². The molecule has 0 amide bonds. The number of nitrogens with zero attached hydrogens (tertiary/aromatic N) is 2. The maximum atomic E-state index is 5.76. The van der Waals surface area contributed by atoms with Crippen molar-refractivity contribution in [3.05, 3.63) is 52.1 Å². The highest BCUT2D eigenvalue weighted by Gasteiger charge is 2.06. The first-order valence-corrected chi connectivity index (χ1v) is 6.77. The molecule has 18 heavy (non-hydrogen) atoms. The molecule has 0 radical (unpaired) electrons. The van der Waals surface area contributed by atoms with Gasteiger partial charge >= 0.3 is 0 Å². The van der Waals surface area contributed by atoms with Gasteiger partial charge in [-0.1, -0.05) is 12.1 Å². The molecule has 2 aromatic heterocycles. The molecule has 1 aromatic carbocycles. The minimum atomic E-state index is 0.584. The summed E-state index contributed by atoms with van der Waals surface area (Å²) in [4.78, 5) is 5.58. The van der Waals surface area contributed by atoms with Crippen LogP contribution in [0.1, 0.15) is 15.4 Å². The Morgan fingerprint density at radius 2 is 2.22 bits per heavy atom. The maximum absolute atomic E-state index is 5.76. The van der Waals surface area contributed by atoms with Crippen molar-refractivity contribution >= 4 is 22.2 Å².